The monoisotopic (exact) mass is 826 g/mol. The van der Waals surface area contributed by atoms with Crippen molar-refractivity contribution in [2.75, 3.05) is 36.0 Å². The van der Waals surface area contributed by atoms with Crippen molar-refractivity contribution in [3.8, 4) is 21.1 Å². The van der Waals surface area contributed by atoms with Gasteiger partial charge in [-0.1, -0.05) is 48.5 Å². The summed E-state index contributed by atoms with van der Waals surface area (Å²) >= 11 is 2.85. The van der Waals surface area contributed by atoms with Gasteiger partial charge in [0.15, 0.2) is 28.6 Å². The zero-order chi connectivity index (χ0) is 40.9. The van der Waals surface area contributed by atoms with E-state index in [1.807, 2.05) is 88.4 Å². The zero-order valence-electron chi connectivity index (χ0n) is 32.4. The van der Waals surface area contributed by atoms with E-state index in [4.69, 9.17) is 10.8 Å². The lowest BCUT2D eigenvalue weighted by atomic mass is 10.1. The highest BCUT2D eigenvalue weighted by molar-refractivity contribution is 7.13. The summed E-state index contributed by atoms with van der Waals surface area (Å²) in [5, 5.41) is 16.9. The van der Waals surface area contributed by atoms with Crippen LogP contribution in [-0.4, -0.2) is 94.0 Å². The third-order valence-electron chi connectivity index (χ3n) is 10.1. The average Bonchev–Trinajstić information content (AvgIpc) is 4.10. The van der Waals surface area contributed by atoms with Crippen molar-refractivity contribution in [1.29, 1.82) is 0 Å². The van der Waals surface area contributed by atoms with Gasteiger partial charge in [0.2, 0.25) is 0 Å². The number of carboxylic acids is 1. The number of anilines is 2. The Morgan fingerprint density at radius 1 is 0.695 bits per heavy atom. The van der Waals surface area contributed by atoms with E-state index in [1.165, 1.54) is 22.7 Å². The van der Waals surface area contributed by atoms with Crippen LogP contribution in [0.25, 0.3) is 32.4 Å². The Labute approximate surface area is 347 Å². The van der Waals surface area contributed by atoms with Crippen LogP contribution in [0.3, 0.4) is 0 Å². The van der Waals surface area contributed by atoms with E-state index < -0.39 is 5.97 Å². The number of fused-ring (bicyclic) bond motifs is 2. The molecule has 2 saturated heterocycles. The SMILES string of the molecule is Cc1ccccc1-c1nc(C(=O)N[C@H]2CCN(c3nccn4ccnc34)C2)cs1.Cc1ccccc1-c1nc(C(=O)O)cs1.N[C@H]1CCN(c2nccn3ccnc23)C1. The number of aromatic nitrogens is 8. The van der Waals surface area contributed by atoms with Crippen molar-refractivity contribution >= 4 is 57.5 Å². The highest BCUT2D eigenvalue weighted by atomic mass is 32.1. The maximum atomic E-state index is 12.7. The number of nitrogens with two attached hydrogens (primary N) is 1. The Morgan fingerprint density at radius 2 is 1.19 bits per heavy atom. The topological polar surface area (TPSA) is 185 Å². The van der Waals surface area contributed by atoms with Crippen molar-refractivity contribution < 1.29 is 14.7 Å². The van der Waals surface area contributed by atoms with E-state index >= 15 is 0 Å². The van der Waals surface area contributed by atoms with E-state index in [2.05, 4.69) is 58.0 Å². The summed E-state index contributed by atoms with van der Waals surface area (Å²) in [7, 11) is 0. The van der Waals surface area contributed by atoms with Gasteiger partial charge in [-0.05, 0) is 37.8 Å². The number of carboxylic acid groups (broad SMARTS) is 1. The Bertz CT molecular complexity index is 2720. The minimum atomic E-state index is -0.980. The lowest BCUT2D eigenvalue weighted by Gasteiger charge is -2.18. The molecule has 0 bridgehead atoms. The second-order valence-corrected chi connectivity index (χ2v) is 15.9. The van der Waals surface area contributed by atoms with Crippen LogP contribution in [0, 0.1) is 13.8 Å². The molecule has 0 radical (unpaired) electrons. The van der Waals surface area contributed by atoms with Crippen LogP contribution in [0.2, 0.25) is 0 Å². The fraction of sp³-hybridized carbons (Fsp3) is 0.238. The van der Waals surface area contributed by atoms with Crippen LogP contribution in [0.15, 0.2) is 109 Å². The quantitative estimate of drug-likeness (QED) is 0.164. The fourth-order valence-electron chi connectivity index (χ4n) is 7.06. The Morgan fingerprint density at radius 3 is 1.69 bits per heavy atom. The molecule has 8 heterocycles. The number of imidazole rings is 2. The van der Waals surface area contributed by atoms with E-state index in [1.54, 1.807) is 30.2 Å². The van der Waals surface area contributed by atoms with Crippen LogP contribution >= 0.6 is 22.7 Å². The summed E-state index contributed by atoms with van der Waals surface area (Å²) in [5.74, 6) is 0.686. The van der Waals surface area contributed by atoms with Crippen LogP contribution in [0.5, 0.6) is 0 Å². The molecule has 2 aliphatic rings. The van der Waals surface area contributed by atoms with Crippen LogP contribution in [-0.2, 0) is 0 Å². The molecule has 2 atom stereocenters. The molecule has 0 saturated carbocycles. The van der Waals surface area contributed by atoms with Gasteiger partial charge in [0.1, 0.15) is 15.7 Å². The van der Waals surface area contributed by atoms with E-state index in [9.17, 15) is 9.59 Å². The maximum Gasteiger partial charge on any atom is 0.355 e. The second kappa shape index (κ2) is 17.5. The molecule has 15 nitrogen and oxygen atoms in total. The van der Waals surface area contributed by atoms with Crippen molar-refractivity contribution in [2.45, 2.75) is 38.8 Å². The van der Waals surface area contributed by atoms with Crippen molar-refractivity contribution in [3.05, 3.63) is 131 Å². The van der Waals surface area contributed by atoms with Gasteiger partial charge in [-0.3, -0.25) is 4.79 Å². The highest BCUT2D eigenvalue weighted by Crippen LogP contribution is 2.28. The second-order valence-electron chi connectivity index (χ2n) is 14.2. The Hall–Kier alpha value is -6.56. The molecule has 59 heavy (non-hydrogen) atoms. The lowest BCUT2D eigenvalue weighted by Crippen LogP contribution is -2.37. The number of carbonyl (C=O) groups is 2. The molecule has 0 aliphatic carbocycles. The van der Waals surface area contributed by atoms with Crippen LogP contribution < -0.4 is 20.9 Å². The number of rotatable bonds is 7. The predicted octanol–water partition coefficient (Wildman–Crippen LogP) is 6.25. The predicted molar refractivity (Wildman–Crippen MR) is 230 cm³/mol. The standard InChI is InChI=1S/C21H20N6OS.C11H9NO2S.C10H13N5/c1-14-4-2-3-5-16(14)21-25-17(13-29-21)20(28)24-15-6-9-27(12-15)19-18-22-7-10-26(18)11-8-23-19;1-7-4-2-3-5-8(7)10-12-9(6-15-10)11(13)14;11-8-1-4-15(7-8)10-9-12-2-5-14(9)6-3-13-10/h2-5,7-8,10-11,13,15H,6,9,12H2,1H3,(H,24,28);2-6H,1H3,(H,13,14);2-3,5-6,8H,1,4,7,11H2/t15-;;8-/m0.0/s1. The third kappa shape index (κ3) is 8.81. The number of nitrogens with zero attached hydrogens (tertiary/aromatic N) is 10. The zero-order valence-corrected chi connectivity index (χ0v) is 34.1. The molecule has 2 aliphatic heterocycles. The molecule has 0 spiro atoms. The minimum absolute atomic E-state index is 0.0585. The first kappa shape index (κ1) is 39.3. The Balaban J connectivity index is 0.000000136. The molecule has 4 N–H and O–H groups in total. The smallest absolute Gasteiger partial charge is 0.355 e. The van der Waals surface area contributed by atoms with Crippen molar-refractivity contribution in [2.24, 2.45) is 5.73 Å². The van der Waals surface area contributed by atoms with Crippen LogP contribution in [0.1, 0.15) is 44.9 Å². The van der Waals surface area contributed by atoms with Crippen molar-refractivity contribution in [3.63, 3.8) is 0 Å². The van der Waals surface area contributed by atoms with Crippen molar-refractivity contribution in [1.82, 2.24) is 44.0 Å². The van der Waals surface area contributed by atoms with Gasteiger partial charge in [0.25, 0.3) is 5.91 Å². The normalized spacial score (nSPS) is 16.1. The number of nitrogens with one attached hydrogen (secondary N) is 1. The van der Waals surface area contributed by atoms with Gasteiger partial charge in [0, 0.05) is 110 Å². The summed E-state index contributed by atoms with van der Waals surface area (Å²) in [4.78, 5) is 54.0. The lowest BCUT2D eigenvalue weighted by molar-refractivity contribution is 0.0691. The number of hydrogen-bond acceptors (Lipinski definition) is 13. The minimum Gasteiger partial charge on any atom is -0.476 e. The summed E-state index contributed by atoms with van der Waals surface area (Å²) in [6.07, 6.45) is 16.7. The maximum absolute atomic E-state index is 12.7. The third-order valence-corrected chi connectivity index (χ3v) is 11.9. The number of aromatic carboxylic acids is 1. The summed E-state index contributed by atoms with van der Waals surface area (Å²) in [6.45, 7) is 7.42. The van der Waals surface area contributed by atoms with Gasteiger partial charge in [-0.15, -0.1) is 22.7 Å². The van der Waals surface area contributed by atoms with E-state index in [0.717, 1.165) is 87.7 Å². The Kier molecular flexibility index (Phi) is 11.7. The first-order valence-corrected chi connectivity index (χ1v) is 20.9. The molecule has 8 aromatic rings. The average molecular weight is 827 g/mol. The van der Waals surface area contributed by atoms with Crippen LogP contribution in [0.4, 0.5) is 11.6 Å². The summed E-state index contributed by atoms with van der Waals surface area (Å²) < 4.78 is 3.93. The molecule has 0 unspecified atom stereocenters. The number of thiazole rings is 2. The van der Waals surface area contributed by atoms with Gasteiger partial charge >= 0.3 is 5.97 Å². The molecular weight excluding hydrogens is 785 g/mol. The highest BCUT2D eigenvalue weighted by Gasteiger charge is 2.28. The molecule has 1 amide bonds. The first-order valence-electron chi connectivity index (χ1n) is 19.1. The fourth-order valence-corrected chi connectivity index (χ4v) is 8.83. The number of amides is 1. The molecule has 2 fully saturated rings. The first-order chi connectivity index (χ1) is 28.7. The van der Waals surface area contributed by atoms with Gasteiger partial charge in [-0.2, -0.15) is 0 Å². The summed E-state index contributed by atoms with van der Waals surface area (Å²) in [5.41, 5.74) is 12.5. The largest absolute Gasteiger partial charge is 0.476 e. The van der Waals surface area contributed by atoms with Gasteiger partial charge in [0.05, 0.1) is 0 Å². The number of carbonyl (C=O) groups excluding carboxylic acids is 1. The number of benzene rings is 2. The molecule has 6 aromatic heterocycles. The van der Waals surface area contributed by atoms with E-state index in [-0.39, 0.29) is 23.7 Å². The van der Waals surface area contributed by atoms with Gasteiger partial charge < -0.3 is 34.8 Å². The number of hydrogen-bond donors (Lipinski definition) is 3. The molecule has 17 heteroatoms. The molecule has 2 aromatic carbocycles. The molecule has 300 valence electrons. The van der Waals surface area contributed by atoms with Gasteiger partial charge in [-0.25, -0.2) is 34.7 Å². The molecule has 10 rings (SSSR count). The number of aryl methyl sites for hydroxylation is 2. The summed E-state index contributed by atoms with van der Waals surface area (Å²) in [6, 6.07) is 16.2. The van der Waals surface area contributed by atoms with E-state index in [0.29, 0.717) is 12.2 Å². The molecular formula is C42H42N12O3S2.